The number of thioether (sulfide) groups is 1. The number of nitrogens with zero attached hydrogens (tertiary/aromatic N) is 4. The average Bonchev–Trinajstić information content (AvgIpc) is 3.21. The van der Waals surface area contributed by atoms with Crippen LogP contribution in [0.2, 0.25) is 5.02 Å². The first-order valence-electron chi connectivity index (χ1n) is 8.43. The third-order valence-corrected chi connectivity index (χ3v) is 5.02. The maximum atomic E-state index is 12.0. The Balaban J connectivity index is 1.88. The van der Waals surface area contributed by atoms with Gasteiger partial charge in [0.1, 0.15) is 0 Å². The molecule has 0 bridgehead atoms. The summed E-state index contributed by atoms with van der Waals surface area (Å²) in [4.78, 5) is 14.2. The molecule has 0 aliphatic carbocycles. The minimum atomic E-state index is -0.0108. The highest BCUT2D eigenvalue weighted by Crippen LogP contribution is 2.29. The van der Waals surface area contributed by atoms with Crippen LogP contribution in [-0.4, -0.2) is 45.6 Å². The predicted molar refractivity (Wildman–Crippen MR) is 102 cm³/mol. The molecular weight excluding hydrogens is 358 g/mol. The summed E-state index contributed by atoms with van der Waals surface area (Å²) in [6.07, 6.45) is 2.31. The highest BCUT2D eigenvalue weighted by molar-refractivity contribution is 7.99. The molecule has 1 amide bonds. The summed E-state index contributed by atoms with van der Waals surface area (Å²) < 4.78 is 1.99. The maximum Gasteiger partial charge on any atom is 0.232 e. The van der Waals surface area contributed by atoms with E-state index in [-0.39, 0.29) is 11.9 Å². The van der Waals surface area contributed by atoms with Crippen molar-refractivity contribution < 1.29 is 4.79 Å². The zero-order chi connectivity index (χ0) is 17.8. The monoisotopic (exact) mass is 379 g/mol. The van der Waals surface area contributed by atoms with Crippen LogP contribution in [0.3, 0.4) is 0 Å². The van der Waals surface area contributed by atoms with Gasteiger partial charge in [-0.3, -0.25) is 9.36 Å². The van der Waals surface area contributed by atoms with Crippen molar-refractivity contribution in [2.75, 3.05) is 23.7 Å². The van der Waals surface area contributed by atoms with Crippen molar-refractivity contribution in [2.45, 2.75) is 37.9 Å². The van der Waals surface area contributed by atoms with Crippen molar-refractivity contribution >= 4 is 35.2 Å². The van der Waals surface area contributed by atoms with E-state index in [1.165, 1.54) is 11.8 Å². The Morgan fingerprint density at radius 1 is 1.32 bits per heavy atom. The summed E-state index contributed by atoms with van der Waals surface area (Å²) in [6, 6.07) is 7.74. The smallest absolute Gasteiger partial charge is 0.232 e. The Hall–Kier alpha value is -1.73. The molecule has 0 atom stereocenters. The first kappa shape index (κ1) is 18.1. The Labute approximate surface area is 156 Å². The fraction of sp³-hybridized carbons (Fsp3) is 0.471. The summed E-state index contributed by atoms with van der Waals surface area (Å²) in [5, 5.41) is 13.0. The van der Waals surface area contributed by atoms with Crippen LogP contribution in [0.25, 0.3) is 5.69 Å². The second-order valence-electron chi connectivity index (χ2n) is 6.30. The molecule has 0 saturated carbocycles. The zero-order valence-electron chi connectivity index (χ0n) is 14.4. The summed E-state index contributed by atoms with van der Waals surface area (Å²) >= 11 is 7.56. The van der Waals surface area contributed by atoms with Crippen molar-refractivity contribution in [3.8, 4) is 5.69 Å². The van der Waals surface area contributed by atoms with Crippen LogP contribution in [0, 0.1) is 0 Å². The Morgan fingerprint density at radius 3 is 2.76 bits per heavy atom. The molecule has 0 unspecified atom stereocenters. The quantitative estimate of drug-likeness (QED) is 0.781. The molecule has 0 spiro atoms. The van der Waals surface area contributed by atoms with Gasteiger partial charge in [-0.1, -0.05) is 29.4 Å². The van der Waals surface area contributed by atoms with Gasteiger partial charge in [0.25, 0.3) is 0 Å². The van der Waals surface area contributed by atoms with Gasteiger partial charge in [-0.05, 0) is 44.9 Å². The number of benzene rings is 1. The van der Waals surface area contributed by atoms with E-state index >= 15 is 0 Å². The highest BCUT2D eigenvalue weighted by Gasteiger charge is 2.23. The van der Waals surface area contributed by atoms with E-state index in [2.05, 4.69) is 20.4 Å². The molecule has 1 saturated heterocycles. The lowest BCUT2D eigenvalue weighted by Gasteiger charge is -2.18. The molecule has 1 aliphatic rings. The predicted octanol–water partition coefficient (Wildman–Crippen LogP) is 3.14. The van der Waals surface area contributed by atoms with Gasteiger partial charge < -0.3 is 10.2 Å². The zero-order valence-corrected chi connectivity index (χ0v) is 16.0. The molecule has 1 N–H and O–H groups in total. The van der Waals surface area contributed by atoms with Crippen LogP contribution in [0.4, 0.5) is 5.95 Å². The number of hydrogen-bond donors (Lipinski definition) is 1. The number of carbonyl (C=O) groups excluding carboxylic acids is 1. The molecule has 0 radical (unpaired) electrons. The van der Waals surface area contributed by atoms with Gasteiger partial charge in [0, 0.05) is 24.2 Å². The van der Waals surface area contributed by atoms with Gasteiger partial charge in [-0.15, -0.1) is 10.2 Å². The van der Waals surface area contributed by atoms with E-state index in [4.69, 9.17) is 11.6 Å². The molecule has 134 valence electrons. The van der Waals surface area contributed by atoms with Gasteiger partial charge >= 0.3 is 0 Å². The standard InChI is InChI=1S/C17H22ClN5OS/c1-12(2)19-15(24)11-25-17-21-20-16(22-8-3-4-9-22)23(17)14-7-5-6-13(18)10-14/h5-7,10,12H,3-4,8-9,11H2,1-2H3,(H,19,24). The van der Waals surface area contributed by atoms with E-state index in [9.17, 15) is 4.79 Å². The van der Waals surface area contributed by atoms with Crippen LogP contribution >= 0.6 is 23.4 Å². The third kappa shape index (κ3) is 4.46. The summed E-state index contributed by atoms with van der Waals surface area (Å²) in [5.74, 6) is 1.10. The Morgan fingerprint density at radius 2 is 2.08 bits per heavy atom. The lowest BCUT2D eigenvalue weighted by atomic mass is 10.3. The fourth-order valence-corrected chi connectivity index (χ4v) is 3.76. The largest absolute Gasteiger partial charge is 0.353 e. The van der Waals surface area contributed by atoms with E-state index < -0.39 is 0 Å². The summed E-state index contributed by atoms with van der Waals surface area (Å²) in [5.41, 5.74) is 0.908. The van der Waals surface area contributed by atoms with Crippen molar-refractivity contribution in [3.63, 3.8) is 0 Å². The van der Waals surface area contributed by atoms with Gasteiger partial charge in [0.2, 0.25) is 11.9 Å². The van der Waals surface area contributed by atoms with Crippen molar-refractivity contribution in [1.82, 2.24) is 20.1 Å². The third-order valence-electron chi connectivity index (χ3n) is 3.85. The number of hydrogen-bond acceptors (Lipinski definition) is 5. The summed E-state index contributed by atoms with van der Waals surface area (Å²) in [6.45, 7) is 5.83. The van der Waals surface area contributed by atoms with Crippen LogP contribution < -0.4 is 10.2 Å². The molecule has 3 rings (SSSR count). The van der Waals surface area contributed by atoms with Crippen LogP contribution in [0.1, 0.15) is 26.7 Å². The molecule has 1 aromatic carbocycles. The number of anilines is 1. The number of aromatic nitrogens is 3. The molecule has 2 heterocycles. The number of halogens is 1. The van der Waals surface area contributed by atoms with Gasteiger partial charge in [0.05, 0.1) is 11.4 Å². The van der Waals surface area contributed by atoms with E-state index in [1.54, 1.807) is 0 Å². The van der Waals surface area contributed by atoms with Crippen LogP contribution in [0.15, 0.2) is 29.4 Å². The topological polar surface area (TPSA) is 63.1 Å². The molecule has 1 aliphatic heterocycles. The molecular formula is C17H22ClN5OS. The Bertz CT molecular complexity index is 742. The first-order chi connectivity index (χ1) is 12.0. The highest BCUT2D eigenvalue weighted by atomic mass is 35.5. The lowest BCUT2D eigenvalue weighted by molar-refractivity contribution is -0.119. The van der Waals surface area contributed by atoms with Crippen LogP contribution in [-0.2, 0) is 4.79 Å². The number of amides is 1. The normalized spacial score (nSPS) is 14.3. The van der Waals surface area contributed by atoms with E-state index in [0.29, 0.717) is 15.9 Å². The molecule has 1 fully saturated rings. The second kappa shape index (κ2) is 8.10. The first-order valence-corrected chi connectivity index (χ1v) is 9.79. The SMILES string of the molecule is CC(C)NC(=O)CSc1nnc(N2CCCC2)n1-c1cccc(Cl)c1. The van der Waals surface area contributed by atoms with Crippen LogP contribution in [0.5, 0.6) is 0 Å². The lowest BCUT2D eigenvalue weighted by Crippen LogP contribution is -2.31. The fourth-order valence-electron chi connectivity index (χ4n) is 2.81. The van der Waals surface area contributed by atoms with Crippen molar-refractivity contribution in [3.05, 3.63) is 29.3 Å². The van der Waals surface area contributed by atoms with Crippen molar-refractivity contribution in [2.24, 2.45) is 0 Å². The summed E-state index contributed by atoms with van der Waals surface area (Å²) in [7, 11) is 0. The van der Waals surface area contributed by atoms with E-state index in [0.717, 1.165) is 37.6 Å². The average molecular weight is 380 g/mol. The minimum absolute atomic E-state index is 0.0108. The van der Waals surface area contributed by atoms with Gasteiger partial charge in [-0.2, -0.15) is 0 Å². The molecule has 2 aromatic rings. The van der Waals surface area contributed by atoms with Gasteiger partial charge in [0.15, 0.2) is 5.16 Å². The maximum absolute atomic E-state index is 12.0. The Kier molecular flexibility index (Phi) is 5.86. The van der Waals surface area contributed by atoms with Crippen molar-refractivity contribution in [1.29, 1.82) is 0 Å². The molecule has 6 nitrogen and oxygen atoms in total. The number of carbonyl (C=O) groups is 1. The molecule has 25 heavy (non-hydrogen) atoms. The molecule has 1 aromatic heterocycles. The number of nitrogens with one attached hydrogen (secondary N) is 1. The minimum Gasteiger partial charge on any atom is -0.353 e. The van der Waals surface area contributed by atoms with E-state index in [1.807, 2.05) is 42.7 Å². The second-order valence-corrected chi connectivity index (χ2v) is 7.68. The number of rotatable bonds is 6. The molecule has 8 heteroatoms. The van der Waals surface area contributed by atoms with Gasteiger partial charge in [-0.25, -0.2) is 0 Å².